The van der Waals surface area contributed by atoms with E-state index in [1.165, 1.54) is 0 Å². The Balaban J connectivity index is 2.12. The number of hydrogen-bond donors (Lipinski definition) is 0. The van der Waals surface area contributed by atoms with Gasteiger partial charge >= 0.3 is 0 Å². The Morgan fingerprint density at radius 1 is 1.00 bits per heavy atom. The molecule has 19 heavy (non-hydrogen) atoms. The summed E-state index contributed by atoms with van der Waals surface area (Å²) in [7, 11) is 0. The van der Waals surface area contributed by atoms with Crippen LogP contribution in [0.2, 0.25) is 0 Å². The van der Waals surface area contributed by atoms with Crippen LogP contribution in [0, 0.1) is 0 Å². The summed E-state index contributed by atoms with van der Waals surface area (Å²) < 4.78 is 0.914. The molecule has 0 amide bonds. The standard InChI is InChI=1S/C15H14O2S2/c1-8(2)9-3-4-10-11(7-9)14(17)12(13(10)16)15-18-5-6-19-15/h3-4,7-8H,5-6H2,1-2H3. The molecule has 1 aromatic rings. The second kappa shape index (κ2) is 4.84. The van der Waals surface area contributed by atoms with Crippen molar-refractivity contribution in [2.24, 2.45) is 0 Å². The maximum Gasteiger partial charge on any atom is 0.199 e. The van der Waals surface area contributed by atoms with Crippen LogP contribution in [0.25, 0.3) is 0 Å². The smallest absolute Gasteiger partial charge is 0.199 e. The van der Waals surface area contributed by atoms with E-state index < -0.39 is 0 Å². The number of carbonyl (C=O) groups excluding carboxylic acids is 2. The van der Waals surface area contributed by atoms with E-state index in [0.717, 1.165) is 21.3 Å². The van der Waals surface area contributed by atoms with E-state index in [1.54, 1.807) is 23.5 Å². The van der Waals surface area contributed by atoms with Crippen molar-refractivity contribution in [1.82, 2.24) is 0 Å². The molecule has 1 aliphatic heterocycles. The Morgan fingerprint density at radius 2 is 1.63 bits per heavy atom. The van der Waals surface area contributed by atoms with Gasteiger partial charge in [0.15, 0.2) is 11.6 Å². The van der Waals surface area contributed by atoms with Crippen molar-refractivity contribution < 1.29 is 9.59 Å². The highest BCUT2D eigenvalue weighted by Gasteiger charge is 2.36. The lowest BCUT2D eigenvalue weighted by Gasteiger charge is -2.06. The number of thioether (sulfide) groups is 2. The van der Waals surface area contributed by atoms with E-state index in [0.29, 0.717) is 22.6 Å². The average molecular weight is 290 g/mol. The lowest BCUT2D eigenvalue weighted by Crippen LogP contribution is -2.01. The van der Waals surface area contributed by atoms with Crippen LogP contribution < -0.4 is 0 Å². The van der Waals surface area contributed by atoms with Gasteiger partial charge in [-0.05, 0) is 17.5 Å². The highest BCUT2D eigenvalue weighted by molar-refractivity contribution is 8.25. The van der Waals surface area contributed by atoms with Gasteiger partial charge < -0.3 is 0 Å². The molecule has 1 saturated heterocycles. The highest BCUT2D eigenvalue weighted by Crippen LogP contribution is 2.43. The summed E-state index contributed by atoms with van der Waals surface area (Å²) >= 11 is 3.26. The second-order valence-electron chi connectivity index (χ2n) is 4.98. The maximum atomic E-state index is 12.5. The zero-order chi connectivity index (χ0) is 13.6. The van der Waals surface area contributed by atoms with E-state index in [9.17, 15) is 9.59 Å². The van der Waals surface area contributed by atoms with Crippen molar-refractivity contribution >= 4 is 35.1 Å². The summed E-state index contributed by atoms with van der Waals surface area (Å²) in [5, 5.41) is 0. The monoisotopic (exact) mass is 290 g/mol. The quantitative estimate of drug-likeness (QED) is 0.580. The molecule has 0 unspecified atom stereocenters. The van der Waals surface area contributed by atoms with Crippen LogP contribution in [0.4, 0.5) is 0 Å². The molecular weight excluding hydrogens is 276 g/mol. The van der Waals surface area contributed by atoms with Gasteiger partial charge in [-0.25, -0.2) is 0 Å². The maximum absolute atomic E-state index is 12.5. The van der Waals surface area contributed by atoms with E-state index in [2.05, 4.69) is 13.8 Å². The van der Waals surface area contributed by atoms with Gasteiger partial charge in [-0.1, -0.05) is 26.0 Å². The summed E-state index contributed by atoms with van der Waals surface area (Å²) in [4.78, 5) is 24.8. The predicted molar refractivity (Wildman–Crippen MR) is 81.1 cm³/mol. The average Bonchev–Trinajstić information content (AvgIpc) is 2.98. The van der Waals surface area contributed by atoms with Gasteiger partial charge in [0, 0.05) is 22.6 Å². The van der Waals surface area contributed by atoms with Crippen molar-refractivity contribution in [3.8, 4) is 0 Å². The van der Waals surface area contributed by atoms with E-state index in [1.807, 2.05) is 18.2 Å². The summed E-state index contributed by atoms with van der Waals surface area (Å²) in [5.74, 6) is 2.15. The molecule has 1 aromatic carbocycles. The topological polar surface area (TPSA) is 34.1 Å². The minimum atomic E-state index is -0.0905. The summed E-state index contributed by atoms with van der Waals surface area (Å²) in [5.41, 5.74) is 2.68. The second-order valence-corrected chi connectivity index (χ2v) is 7.45. The molecule has 2 nitrogen and oxygen atoms in total. The van der Waals surface area contributed by atoms with Crippen LogP contribution in [0.1, 0.15) is 46.0 Å². The number of hydrogen-bond acceptors (Lipinski definition) is 4. The molecule has 1 fully saturated rings. The molecule has 0 radical (unpaired) electrons. The molecule has 98 valence electrons. The van der Waals surface area contributed by atoms with Crippen molar-refractivity contribution in [3.63, 3.8) is 0 Å². The first kappa shape index (κ1) is 13.0. The lowest BCUT2D eigenvalue weighted by molar-refractivity contribution is 0.0989. The molecular formula is C15H14O2S2. The predicted octanol–water partition coefficient (Wildman–Crippen LogP) is 3.88. The van der Waals surface area contributed by atoms with Crippen LogP contribution in [-0.4, -0.2) is 23.1 Å². The summed E-state index contributed by atoms with van der Waals surface area (Å²) in [6.07, 6.45) is 0. The van der Waals surface area contributed by atoms with Gasteiger partial charge in [0.1, 0.15) is 0 Å². The highest BCUT2D eigenvalue weighted by atomic mass is 32.2. The van der Waals surface area contributed by atoms with Gasteiger partial charge in [0.05, 0.1) is 9.81 Å². The molecule has 4 heteroatoms. The summed E-state index contributed by atoms with van der Waals surface area (Å²) in [6.45, 7) is 4.18. The third-order valence-electron chi connectivity index (χ3n) is 3.41. The zero-order valence-corrected chi connectivity index (χ0v) is 12.5. The molecule has 0 atom stereocenters. The number of ketones is 2. The number of rotatable bonds is 1. The third-order valence-corrected chi connectivity index (χ3v) is 6.12. The van der Waals surface area contributed by atoms with E-state index >= 15 is 0 Å². The molecule has 0 spiro atoms. The lowest BCUT2D eigenvalue weighted by atomic mass is 9.98. The molecule has 3 rings (SSSR count). The number of carbonyl (C=O) groups is 2. The molecule has 0 saturated carbocycles. The number of allylic oxidation sites excluding steroid dienone is 1. The van der Waals surface area contributed by atoms with Crippen LogP contribution in [-0.2, 0) is 0 Å². The van der Waals surface area contributed by atoms with Gasteiger partial charge in [-0.2, -0.15) is 0 Å². The molecule has 1 heterocycles. The van der Waals surface area contributed by atoms with Crippen molar-refractivity contribution in [3.05, 3.63) is 44.7 Å². The van der Waals surface area contributed by atoms with Crippen molar-refractivity contribution in [2.45, 2.75) is 19.8 Å². The Morgan fingerprint density at radius 3 is 2.26 bits per heavy atom. The van der Waals surface area contributed by atoms with Crippen LogP contribution in [0.15, 0.2) is 28.0 Å². The number of Topliss-reactive ketones (excluding diaryl/α,β-unsaturated/α-hetero) is 2. The first-order valence-corrected chi connectivity index (χ1v) is 8.30. The molecule has 0 aromatic heterocycles. The Kier molecular flexibility index (Phi) is 3.31. The first-order chi connectivity index (χ1) is 9.09. The largest absolute Gasteiger partial charge is 0.288 e. The van der Waals surface area contributed by atoms with Crippen LogP contribution in [0.3, 0.4) is 0 Å². The van der Waals surface area contributed by atoms with Gasteiger partial charge in [-0.15, -0.1) is 23.5 Å². The van der Waals surface area contributed by atoms with Gasteiger partial charge in [-0.3, -0.25) is 9.59 Å². The Hall–Kier alpha value is -1.00. The van der Waals surface area contributed by atoms with Crippen LogP contribution in [0.5, 0.6) is 0 Å². The minimum absolute atomic E-state index is 0.0839. The zero-order valence-electron chi connectivity index (χ0n) is 10.9. The number of benzene rings is 1. The van der Waals surface area contributed by atoms with Crippen molar-refractivity contribution in [2.75, 3.05) is 11.5 Å². The first-order valence-electron chi connectivity index (χ1n) is 6.33. The van der Waals surface area contributed by atoms with Crippen LogP contribution >= 0.6 is 23.5 Å². The van der Waals surface area contributed by atoms with Gasteiger partial charge in [0.2, 0.25) is 0 Å². The van der Waals surface area contributed by atoms with E-state index in [-0.39, 0.29) is 11.6 Å². The normalized spacial score (nSPS) is 18.7. The minimum Gasteiger partial charge on any atom is -0.288 e. The molecule has 1 aliphatic carbocycles. The van der Waals surface area contributed by atoms with Crippen molar-refractivity contribution in [1.29, 1.82) is 0 Å². The van der Waals surface area contributed by atoms with Gasteiger partial charge in [0.25, 0.3) is 0 Å². The SMILES string of the molecule is CC(C)c1ccc2c(c1)C(=O)C(=C1SCCS1)C2=O. The fraction of sp³-hybridized carbons (Fsp3) is 0.333. The molecule has 2 aliphatic rings. The number of fused-ring (bicyclic) bond motifs is 1. The fourth-order valence-electron chi connectivity index (χ4n) is 2.32. The summed E-state index contributed by atoms with van der Waals surface area (Å²) in [6, 6.07) is 5.65. The Bertz CT molecular complexity index is 607. The molecule has 0 N–H and O–H groups in total. The fourth-order valence-corrected chi connectivity index (χ4v) is 4.85. The molecule has 0 bridgehead atoms. The third kappa shape index (κ3) is 2.07. The van der Waals surface area contributed by atoms with E-state index in [4.69, 9.17) is 0 Å². The Labute approximate surface area is 121 Å².